The minimum absolute atomic E-state index is 0.429. The van der Waals surface area contributed by atoms with E-state index in [2.05, 4.69) is 27.8 Å². The SMILES string of the molecule is C=CCOc1c(Br)cc(CNc2cccc(Cl)c2C)cc1OCC. The molecule has 24 heavy (non-hydrogen) atoms. The van der Waals surface area contributed by atoms with Crippen LogP contribution in [0.4, 0.5) is 5.69 Å². The van der Waals surface area contributed by atoms with E-state index in [1.807, 2.05) is 44.2 Å². The van der Waals surface area contributed by atoms with Crippen LogP contribution >= 0.6 is 27.5 Å². The van der Waals surface area contributed by atoms with Gasteiger partial charge in [-0.15, -0.1) is 0 Å². The molecule has 0 bridgehead atoms. The first-order valence-corrected chi connectivity index (χ1v) is 8.91. The standard InChI is InChI=1S/C19H21BrClNO2/c1-4-9-24-19-15(20)10-14(11-18(19)23-5-2)12-22-17-8-6-7-16(21)13(17)3/h4,6-8,10-11,22H,1,5,9,12H2,2-3H3. The summed E-state index contributed by atoms with van der Waals surface area (Å²) in [5.74, 6) is 1.41. The molecule has 0 radical (unpaired) electrons. The first-order chi connectivity index (χ1) is 11.6. The van der Waals surface area contributed by atoms with E-state index in [1.165, 1.54) is 0 Å². The molecule has 0 spiro atoms. The van der Waals surface area contributed by atoms with Crippen molar-refractivity contribution in [1.29, 1.82) is 0 Å². The molecule has 0 aliphatic rings. The van der Waals surface area contributed by atoms with Crippen molar-refractivity contribution in [2.45, 2.75) is 20.4 Å². The summed E-state index contributed by atoms with van der Waals surface area (Å²) >= 11 is 9.73. The van der Waals surface area contributed by atoms with E-state index in [0.717, 1.165) is 26.3 Å². The van der Waals surface area contributed by atoms with Crippen LogP contribution in [0.1, 0.15) is 18.1 Å². The van der Waals surface area contributed by atoms with Crippen molar-refractivity contribution in [3.8, 4) is 11.5 Å². The Labute approximate surface area is 156 Å². The maximum Gasteiger partial charge on any atom is 0.175 e. The Bertz CT molecular complexity index is 719. The van der Waals surface area contributed by atoms with Gasteiger partial charge in [0.2, 0.25) is 0 Å². The third-order valence-corrected chi connectivity index (χ3v) is 4.46. The van der Waals surface area contributed by atoms with E-state index >= 15 is 0 Å². The van der Waals surface area contributed by atoms with Crippen LogP contribution in [0, 0.1) is 6.92 Å². The minimum Gasteiger partial charge on any atom is -0.490 e. The molecule has 1 N–H and O–H groups in total. The van der Waals surface area contributed by atoms with Gasteiger partial charge in [-0.25, -0.2) is 0 Å². The number of anilines is 1. The van der Waals surface area contributed by atoms with Crippen molar-refractivity contribution in [2.24, 2.45) is 0 Å². The summed E-state index contributed by atoms with van der Waals surface area (Å²) in [6.45, 7) is 9.28. The normalized spacial score (nSPS) is 10.3. The average molecular weight is 411 g/mol. The number of rotatable bonds is 8. The topological polar surface area (TPSA) is 30.5 Å². The van der Waals surface area contributed by atoms with E-state index in [-0.39, 0.29) is 0 Å². The van der Waals surface area contributed by atoms with Gasteiger partial charge >= 0.3 is 0 Å². The van der Waals surface area contributed by atoms with E-state index in [9.17, 15) is 0 Å². The van der Waals surface area contributed by atoms with Gasteiger partial charge in [0.1, 0.15) is 6.61 Å². The van der Waals surface area contributed by atoms with Crippen molar-refractivity contribution in [3.05, 3.63) is 63.6 Å². The number of nitrogens with one attached hydrogen (secondary N) is 1. The molecule has 0 aliphatic carbocycles. The van der Waals surface area contributed by atoms with E-state index in [1.54, 1.807) is 6.08 Å². The average Bonchev–Trinajstić information content (AvgIpc) is 2.56. The van der Waals surface area contributed by atoms with Crippen molar-refractivity contribution in [2.75, 3.05) is 18.5 Å². The highest BCUT2D eigenvalue weighted by Crippen LogP contribution is 2.37. The Hall–Kier alpha value is -1.65. The summed E-state index contributed by atoms with van der Waals surface area (Å²) in [4.78, 5) is 0. The van der Waals surface area contributed by atoms with Crippen molar-refractivity contribution in [3.63, 3.8) is 0 Å². The zero-order valence-electron chi connectivity index (χ0n) is 13.9. The molecule has 5 heteroatoms. The lowest BCUT2D eigenvalue weighted by atomic mass is 10.1. The maximum atomic E-state index is 6.16. The number of hydrogen-bond acceptors (Lipinski definition) is 3. The predicted molar refractivity (Wildman–Crippen MR) is 105 cm³/mol. The number of hydrogen-bond donors (Lipinski definition) is 1. The summed E-state index contributed by atoms with van der Waals surface area (Å²) in [7, 11) is 0. The van der Waals surface area contributed by atoms with Crippen LogP contribution in [0.25, 0.3) is 0 Å². The van der Waals surface area contributed by atoms with Gasteiger partial charge in [0.15, 0.2) is 11.5 Å². The molecule has 0 heterocycles. The first-order valence-electron chi connectivity index (χ1n) is 7.74. The molecule has 0 fully saturated rings. The lowest BCUT2D eigenvalue weighted by molar-refractivity contribution is 0.295. The van der Waals surface area contributed by atoms with Gasteiger partial charge in [-0.2, -0.15) is 0 Å². The molecular weight excluding hydrogens is 390 g/mol. The van der Waals surface area contributed by atoms with Crippen LogP contribution in [0.5, 0.6) is 11.5 Å². The molecule has 0 amide bonds. The molecule has 0 aromatic heterocycles. The molecule has 0 saturated carbocycles. The fourth-order valence-electron chi connectivity index (χ4n) is 2.26. The van der Waals surface area contributed by atoms with E-state index in [4.69, 9.17) is 21.1 Å². The Morgan fingerprint density at radius 3 is 2.79 bits per heavy atom. The second-order valence-corrected chi connectivity index (χ2v) is 6.47. The molecule has 0 unspecified atom stereocenters. The molecule has 2 aromatic carbocycles. The van der Waals surface area contributed by atoms with Crippen LogP contribution < -0.4 is 14.8 Å². The van der Waals surface area contributed by atoms with Crippen LogP contribution in [-0.4, -0.2) is 13.2 Å². The molecule has 2 rings (SSSR count). The lowest BCUT2D eigenvalue weighted by Crippen LogP contribution is -2.04. The van der Waals surface area contributed by atoms with E-state index < -0.39 is 0 Å². The zero-order chi connectivity index (χ0) is 17.5. The zero-order valence-corrected chi connectivity index (χ0v) is 16.2. The maximum absolute atomic E-state index is 6.16. The Balaban J connectivity index is 2.21. The summed E-state index contributed by atoms with van der Waals surface area (Å²) in [6.07, 6.45) is 1.71. The fourth-order valence-corrected chi connectivity index (χ4v) is 3.04. The lowest BCUT2D eigenvalue weighted by Gasteiger charge is -2.16. The summed E-state index contributed by atoms with van der Waals surface area (Å²) in [5.41, 5.74) is 3.13. The van der Waals surface area contributed by atoms with E-state index in [0.29, 0.717) is 31.3 Å². The third kappa shape index (κ3) is 4.68. The summed E-state index contributed by atoms with van der Waals surface area (Å²) < 4.78 is 12.3. The molecule has 2 aromatic rings. The third-order valence-electron chi connectivity index (χ3n) is 3.47. The predicted octanol–water partition coefficient (Wildman–Crippen LogP) is 5.99. The van der Waals surface area contributed by atoms with Crippen molar-refractivity contribution >= 4 is 33.2 Å². The number of benzene rings is 2. The fraction of sp³-hybridized carbons (Fsp3) is 0.263. The molecule has 0 atom stereocenters. The van der Waals surface area contributed by atoms with Gasteiger partial charge in [-0.1, -0.05) is 30.3 Å². The highest BCUT2D eigenvalue weighted by atomic mass is 79.9. The summed E-state index contributed by atoms with van der Waals surface area (Å²) in [5, 5.41) is 4.17. The Kier molecular flexibility index (Phi) is 7.00. The largest absolute Gasteiger partial charge is 0.490 e. The monoisotopic (exact) mass is 409 g/mol. The van der Waals surface area contributed by atoms with Gasteiger partial charge < -0.3 is 14.8 Å². The molecule has 0 saturated heterocycles. The van der Waals surface area contributed by atoms with Crippen LogP contribution in [-0.2, 0) is 6.54 Å². The second-order valence-electron chi connectivity index (χ2n) is 5.20. The quantitative estimate of drug-likeness (QED) is 0.542. The van der Waals surface area contributed by atoms with Crippen molar-refractivity contribution in [1.82, 2.24) is 0 Å². The molecule has 128 valence electrons. The van der Waals surface area contributed by atoms with Crippen LogP contribution in [0.15, 0.2) is 47.5 Å². The van der Waals surface area contributed by atoms with Gasteiger partial charge in [0.25, 0.3) is 0 Å². The van der Waals surface area contributed by atoms with Gasteiger partial charge in [-0.05, 0) is 65.2 Å². The highest BCUT2D eigenvalue weighted by molar-refractivity contribution is 9.10. The van der Waals surface area contributed by atoms with Gasteiger partial charge in [0.05, 0.1) is 11.1 Å². The minimum atomic E-state index is 0.429. The molecular formula is C19H21BrClNO2. The first kappa shape index (κ1) is 18.7. The van der Waals surface area contributed by atoms with Gasteiger partial charge in [0, 0.05) is 17.3 Å². The Morgan fingerprint density at radius 1 is 1.29 bits per heavy atom. The number of halogens is 2. The molecule has 0 aliphatic heterocycles. The molecule has 3 nitrogen and oxygen atoms in total. The van der Waals surface area contributed by atoms with Gasteiger partial charge in [-0.3, -0.25) is 0 Å². The second kappa shape index (κ2) is 9.00. The van der Waals surface area contributed by atoms with Crippen molar-refractivity contribution < 1.29 is 9.47 Å². The van der Waals surface area contributed by atoms with Crippen LogP contribution in [0.2, 0.25) is 5.02 Å². The smallest absolute Gasteiger partial charge is 0.175 e. The number of ether oxygens (including phenoxy) is 2. The van der Waals surface area contributed by atoms with Crippen LogP contribution in [0.3, 0.4) is 0 Å². The Morgan fingerprint density at radius 2 is 2.08 bits per heavy atom. The highest BCUT2D eigenvalue weighted by Gasteiger charge is 2.12. The summed E-state index contributed by atoms with van der Waals surface area (Å²) in [6, 6.07) is 9.84.